The molecule has 1 unspecified atom stereocenters. The van der Waals surface area contributed by atoms with Crippen molar-refractivity contribution < 1.29 is 4.79 Å². The number of carbonyl (C=O) groups excluding carboxylic acids is 1. The van der Waals surface area contributed by atoms with E-state index in [1.54, 1.807) is 0 Å². The molecule has 1 atom stereocenters. The molecule has 0 aromatic heterocycles. The van der Waals surface area contributed by atoms with Crippen molar-refractivity contribution in [2.75, 3.05) is 27.2 Å². The average Bonchev–Trinajstić information content (AvgIpc) is 2.37. The maximum Gasteiger partial charge on any atom is 0.220 e. The number of amides is 1. The molecular formula is C14H23N3O. The van der Waals surface area contributed by atoms with E-state index in [4.69, 9.17) is 5.73 Å². The van der Waals surface area contributed by atoms with E-state index in [2.05, 4.69) is 22.3 Å². The quantitative estimate of drug-likeness (QED) is 0.762. The Labute approximate surface area is 109 Å². The lowest BCUT2D eigenvalue weighted by molar-refractivity contribution is -0.121. The fourth-order valence-corrected chi connectivity index (χ4v) is 1.84. The maximum atomic E-state index is 11.6. The van der Waals surface area contributed by atoms with Crippen molar-refractivity contribution in [3.63, 3.8) is 0 Å². The Kier molecular flexibility index (Phi) is 6.39. The minimum absolute atomic E-state index is 0.0724. The molecule has 1 aromatic carbocycles. The van der Waals surface area contributed by atoms with Crippen LogP contribution in [0.3, 0.4) is 0 Å². The van der Waals surface area contributed by atoms with Gasteiger partial charge in [0.15, 0.2) is 0 Å². The molecule has 0 saturated carbocycles. The predicted octanol–water partition coefficient (Wildman–Crippen LogP) is 1.14. The fourth-order valence-electron chi connectivity index (χ4n) is 1.84. The lowest BCUT2D eigenvalue weighted by Gasteiger charge is -2.25. The molecule has 0 aliphatic carbocycles. The average molecular weight is 249 g/mol. The van der Waals surface area contributed by atoms with Gasteiger partial charge in [-0.15, -0.1) is 0 Å². The third-order valence-corrected chi connectivity index (χ3v) is 2.91. The zero-order valence-electron chi connectivity index (χ0n) is 11.2. The number of nitrogens with one attached hydrogen (secondary N) is 1. The van der Waals surface area contributed by atoms with Gasteiger partial charge >= 0.3 is 0 Å². The molecule has 0 aliphatic heterocycles. The van der Waals surface area contributed by atoms with Crippen LogP contribution in [0.4, 0.5) is 0 Å². The van der Waals surface area contributed by atoms with E-state index in [0.29, 0.717) is 19.5 Å². The Morgan fingerprint density at radius 1 is 1.33 bits per heavy atom. The van der Waals surface area contributed by atoms with Gasteiger partial charge in [0, 0.05) is 13.0 Å². The van der Waals surface area contributed by atoms with Crippen LogP contribution in [-0.4, -0.2) is 38.0 Å². The van der Waals surface area contributed by atoms with Crippen LogP contribution in [-0.2, 0) is 4.79 Å². The van der Waals surface area contributed by atoms with Crippen LogP contribution in [0.15, 0.2) is 30.3 Å². The number of rotatable bonds is 7. The highest BCUT2D eigenvalue weighted by Crippen LogP contribution is 2.16. The van der Waals surface area contributed by atoms with Gasteiger partial charge in [0.25, 0.3) is 0 Å². The number of hydrogen-bond donors (Lipinski definition) is 2. The van der Waals surface area contributed by atoms with E-state index in [-0.39, 0.29) is 11.9 Å². The summed E-state index contributed by atoms with van der Waals surface area (Å²) in [6, 6.07) is 10.4. The Bertz CT molecular complexity index is 351. The second-order valence-electron chi connectivity index (χ2n) is 4.59. The molecule has 0 fully saturated rings. The van der Waals surface area contributed by atoms with Gasteiger partial charge in [0.05, 0.1) is 6.04 Å². The molecule has 1 amide bonds. The first-order chi connectivity index (χ1) is 8.65. The van der Waals surface area contributed by atoms with E-state index in [0.717, 1.165) is 6.42 Å². The van der Waals surface area contributed by atoms with E-state index >= 15 is 0 Å². The van der Waals surface area contributed by atoms with E-state index in [1.807, 2.05) is 32.3 Å². The summed E-state index contributed by atoms with van der Waals surface area (Å²) in [4.78, 5) is 13.7. The Hall–Kier alpha value is -1.39. The molecule has 0 saturated heterocycles. The molecule has 0 heterocycles. The van der Waals surface area contributed by atoms with Gasteiger partial charge in [0.1, 0.15) is 0 Å². The Morgan fingerprint density at radius 3 is 2.56 bits per heavy atom. The zero-order valence-corrected chi connectivity index (χ0v) is 11.2. The molecule has 3 N–H and O–H groups in total. The minimum Gasteiger partial charge on any atom is -0.354 e. The maximum absolute atomic E-state index is 11.6. The third kappa shape index (κ3) is 4.85. The highest BCUT2D eigenvalue weighted by molar-refractivity contribution is 5.75. The molecule has 0 bridgehead atoms. The van der Waals surface area contributed by atoms with Gasteiger partial charge in [-0.1, -0.05) is 30.3 Å². The second-order valence-corrected chi connectivity index (χ2v) is 4.59. The summed E-state index contributed by atoms with van der Waals surface area (Å²) >= 11 is 0. The fraction of sp³-hybridized carbons (Fsp3) is 0.500. The number of nitrogens with zero attached hydrogens (tertiary/aromatic N) is 1. The van der Waals surface area contributed by atoms with Crippen LogP contribution >= 0.6 is 0 Å². The lowest BCUT2D eigenvalue weighted by Crippen LogP contribution is -2.34. The van der Waals surface area contributed by atoms with Crippen molar-refractivity contribution in [2.24, 2.45) is 5.73 Å². The zero-order chi connectivity index (χ0) is 13.4. The molecule has 4 heteroatoms. The monoisotopic (exact) mass is 249 g/mol. The molecule has 0 spiro atoms. The molecule has 100 valence electrons. The van der Waals surface area contributed by atoms with Gasteiger partial charge in [-0.2, -0.15) is 0 Å². The molecule has 4 nitrogen and oxygen atoms in total. The molecule has 0 radical (unpaired) electrons. The lowest BCUT2D eigenvalue weighted by atomic mass is 10.1. The second kappa shape index (κ2) is 7.84. The van der Waals surface area contributed by atoms with E-state index in [1.165, 1.54) is 5.56 Å². The molecule has 1 aromatic rings. The van der Waals surface area contributed by atoms with Crippen LogP contribution in [0.2, 0.25) is 0 Å². The largest absolute Gasteiger partial charge is 0.354 e. The number of hydrogen-bond acceptors (Lipinski definition) is 3. The number of nitrogens with two attached hydrogens (primary N) is 1. The SMILES string of the molecule is CN(C)C(CNC(=O)CCCN)c1ccccc1. The van der Waals surface area contributed by atoms with E-state index < -0.39 is 0 Å². The number of carbonyl (C=O) groups is 1. The first-order valence-corrected chi connectivity index (χ1v) is 6.33. The van der Waals surface area contributed by atoms with Crippen molar-refractivity contribution >= 4 is 5.91 Å². The van der Waals surface area contributed by atoms with Gasteiger partial charge in [0.2, 0.25) is 5.91 Å². The molecule has 1 rings (SSSR count). The molecule has 0 aliphatic rings. The van der Waals surface area contributed by atoms with Crippen LogP contribution in [0, 0.1) is 0 Å². The predicted molar refractivity (Wildman–Crippen MR) is 74.2 cm³/mol. The topological polar surface area (TPSA) is 58.4 Å². The highest BCUT2D eigenvalue weighted by Gasteiger charge is 2.14. The summed E-state index contributed by atoms with van der Waals surface area (Å²) < 4.78 is 0. The Morgan fingerprint density at radius 2 is 2.00 bits per heavy atom. The van der Waals surface area contributed by atoms with Gasteiger partial charge in [-0.05, 0) is 32.6 Å². The van der Waals surface area contributed by atoms with Crippen LogP contribution in [0.5, 0.6) is 0 Å². The summed E-state index contributed by atoms with van der Waals surface area (Å²) in [5, 5.41) is 2.96. The van der Waals surface area contributed by atoms with Crippen LogP contribution in [0.25, 0.3) is 0 Å². The van der Waals surface area contributed by atoms with Crippen LogP contribution in [0.1, 0.15) is 24.4 Å². The van der Waals surface area contributed by atoms with Gasteiger partial charge < -0.3 is 16.0 Å². The van der Waals surface area contributed by atoms with Crippen molar-refractivity contribution in [1.82, 2.24) is 10.2 Å². The van der Waals surface area contributed by atoms with Crippen molar-refractivity contribution in [2.45, 2.75) is 18.9 Å². The summed E-state index contributed by atoms with van der Waals surface area (Å²) in [6.45, 7) is 1.18. The van der Waals surface area contributed by atoms with Crippen molar-refractivity contribution in [3.8, 4) is 0 Å². The summed E-state index contributed by atoms with van der Waals surface area (Å²) in [7, 11) is 4.04. The van der Waals surface area contributed by atoms with Crippen molar-refractivity contribution in [3.05, 3.63) is 35.9 Å². The van der Waals surface area contributed by atoms with Crippen molar-refractivity contribution in [1.29, 1.82) is 0 Å². The standard InChI is InChI=1S/C14H23N3O/c1-17(2)13(12-7-4-3-5-8-12)11-16-14(18)9-6-10-15/h3-5,7-8,13H,6,9-11,15H2,1-2H3,(H,16,18). The number of likely N-dealkylation sites (N-methyl/N-ethyl adjacent to an activating group) is 1. The van der Waals surface area contributed by atoms with E-state index in [9.17, 15) is 4.79 Å². The minimum atomic E-state index is 0.0724. The smallest absolute Gasteiger partial charge is 0.220 e. The number of benzene rings is 1. The van der Waals surface area contributed by atoms with Gasteiger partial charge in [-0.25, -0.2) is 0 Å². The summed E-state index contributed by atoms with van der Waals surface area (Å²) in [5.41, 5.74) is 6.59. The molecule has 18 heavy (non-hydrogen) atoms. The van der Waals surface area contributed by atoms with Crippen LogP contribution < -0.4 is 11.1 Å². The first-order valence-electron chi connectivity index (χ1n) is 6.33. The Balaban J connectivity index is 2.52. The normalized spacial score (nSPS) is 12.4. The highest BCUT2D eigenvalue weighted by atomic mass is 16.1. The first kappa shape index (κ1) is 14.7. The van der Waals surface area contributed by atoms with Gasteiger partial charge in [-0.3, -0.25) is 4.79 Å². The molecular weight excluding hydrogens is 226 g/mol. The summed E-state index contributed by atoms with van der Waals surface area (Å²) in [6.07, 6.45) is 1.25. The summed E-state index contributed by atoms with van der Waals surface area (Å²) in [5.74, 6) is 0.0724. The third-order valence-electron chi connectivity index (χ3n) is 2.91.